The minimum absolute atomic E-state index is 0.0963. The summed E-state index contributed by atoms with van der Waals surface area (Å²) in [7, 11) is 0. The molecule has 3 aliphatic rings. The van der Waals surface area contributed by atoms with Crippen molar-refractivity contribution in [1.29, 1.82) is 0 Å². The monoisotopic (exact) mass is 222 g/mol. The third-order valence-electron chi connectivity index (χ3n) is 4.34. The molecule has 1 saturated heterocycles. The summed E-state index contributed by atoms with van der Waals surface area (Å²) in [5, 5.41) is 6.42. The van der Waals surface area contributed by atoms with Crippen molar-refractivity contribution in [3.05, 3.63) is 0 Å². The summed E-state index contributed by atoms with van der Waals surface area (Å²) >= 11 is 0. The van der Waals surface area contributed by atoms with Crippen LogP contribution in [-0.2, 0) is 4.79 Å². The van der Waals surface area contributed by atoms with E-state index in [-0.39, 0.29) is 11.9 Å². The predicted octanol–water partition coefficient (Wildman–Crippen LogP) is 1.29. The quantitative estimate of drug-likeness (QED) is 0.736. The summed E-state index contributed by atoms with van der Waals surface area (Å²) in [4.78, 5) is 11.9. The highest BCUT2D eigenvalue weighted by Crippen LogP contribution is 2.48. The van der Waals surface area contributed by atoms with Gasteiger partial charge in [0, 0.05) is 6.54 Å². The second kappa shape index (κ2) is 4.36. The van der Waals surface area contributed by atoms with Crippen LogP contribution < -0.4 is 10.6 Å². The van der Waals surface area contributed by atoms with Crippen molar-refractivity contribution in [3.63, 3.8) is 0 Å². The van der Waals surface area contributed by atoms with Crippen molar-refractivity contribution in [1.82, 2.24) is 10.6 Å². The molecule has 1 atom stereocenters. The van der Waals surface area contributed by atoms with Gasteiger partial charge >= 0.3 is 0 Å². The normalized spacial score (nSPS) is 29.7. The number of hydrogen-bond donors (Lipinski definition) is 2. The first-order valence-corrected chi connectivity index (χ1v) is 6.85. The molecule has 0 radical (unpaired) electrons. The third-order valence-corrected chi connectivity index (χ3v) is 4.34. The van der Waals surface area contributed by atoms with Crippen LogP contribution in [0.25, 0.3) is 0 Å². The molecule has 1 heterocycles. The van der Waals surface area contributed by atoms with Gasteiger partial charge in [-0.1, -0.05) is 0 Å². The van der Waals surface area contributed by atoms with Gasteiger partial charge in [-0.2, -0.15) is 0 Å². The average Bonchev–Trinajstić information content (AvgIpc) is 3.21. The minimum Gasteiger partial charge on any atom is -0.354 e. The first kappa shape index (κ1) is 10.6. The summed E-state index contributed by atoms with van der Waals surface area (Å²) in [5.74, 6) is 2.91. The molecule has 90 valence electrons. The predicted molar refractivity (Wildman–Crippen MR) is 63.0 cm³/mol. The molecule has 0 spiro atoms. The molecule has 0 aromatic carbocycles. The maximum Gasteiger partial charge on any atom is 0.237 e. The molecule has 3 heteroatoms. The second-order valence-electron chi connectivity index (χ2n) is 5.73. The van der Waals surface area contributed by atoms with Crippen LogP contribution in [0.3, 0.4) is 0 Å². The van der Waals surface area contributed by atoms with Gasteiger partial charge in [-0.25, -0.2) is 0 Å². The van der Waals surface area contributed by atoms with Gasteiger partial charge in [-0.15, -0.1) is 0 Å². The van der Waals surface area contributed by atoms with Crippen LogP contribution >= 0.6 is 0 Å². The Balaban J connectivity index is 1.45. The van der Waals surface area contributed by atoms with E-state index in [1.807, 2.05) is 0 Å². The smallest absolute Gasteiger partial charge is 0.237 e. The topological polar surface area (TPSA) is 41.1 Å². The molecule has 0 bridgehead atoms. The Bertz CT molecular complexity index is 253. The van der Waals surface area contributed by atoms with E-state index in [4.69, 9.17) is 0 Å². The van der Waals surface area contributed by atoms with Crippen LogP contribution in [0, 0.1) is 17.8 Å². The highest BCUT2D eigenvalue weighted by molar-refractivity contribution is 5.81. The van der Waals surface area contributed by atoms with Crippen molar-refractivity contribution in [2.45, 2.75) is 44.6 Å². The lowest BCUT2D eigenvalue weighted by Gasteiger charge is -2.18. The number of carbonyl (C=O) groups excluding carboxylic acids is 1. The van der Waals surface area contributed by atoms with Crippen molar-refractivity contribution in [3.8, 4) is 0 Å². The molecule has 1 aliphatic heterocycles. The van der Waals surface area contributed by atoms with E-state index in [0.29, 0.717) is 0 Å². The van der Waals surface area contributed by atoms with E-state index in [9.17, 15) is 4.79 Å². The maximum absolute atomic E-state index is 11.9. The fraction of sp³-hybridized carbons (Fsp3) is 0.923. The number of hydrogen-bond acceptors (Lipinski definition) is 2. The zero-order valence-electron chi connectivity index (χ0n) is 9.87. The van der Waals surface area contributed by atoms with E-state index in [1.54, 1.807) is 0 Å². The maximum atomic E-state index is 11.9. The lowest BCUT2D eigenvalue weighted by Crippen LogP contribution is -2.42. The zero-order valence-corrected chi connectivity index (χ0v) is 9.87. The number of amides is 1. The van der Waals surface area contributed by atoms with Crippen LogP contribution in [0.5, 0.6) is 0 Å². The van der Waals surface area contributed by atoms with Crippen molar-refractivity contribution in [2.75, 3.05) is 13.1 Å². The molecule has 2 saturated carbocycles. The van der Waals surface area contributed by atoms with Gasteiger partial charge in [-0.3, -0.25) is 4.79 Å². The molecule has 3 rings (SSSR count). The third kappa shape index (κ3) is 2.40. The number of carbonyl (C=O) groups is 1. The van der Waals surface area contributed by atoms with E-state index < -0.39 is 0 Å². The zero-order chi connectivity index (χ0) is 11.0. The van der Waals surface area contributed by atoms with Gasteiger partial charge in [-0.05, 0) is 62.8 Å². The van der Waals surface area contributed by atoms with Crippen LogP contribution in [0.1, 0.15) is 38.5 Å². The summed E-state index contributed by atoms with van der Waals surface area (Å²) in [6.07, 6.45) is 7.77. The molecule has 2 N–H and O–H groups in total. The molecule has 16 heavy (non-hydrogen) atoms. The number of rotatable bonds is 5. The Hall–Kier alpha value is -0.570. The molecule has 2 aliphatic carbocycles. The van der Waals surface area contributed by atoms with Crippen LogP contribution in [-0.4, -0.2) is 25.0 Å². The van der Waals surface area contributed by atoms with Gasteiger partial charge < -0.3 is 10.6 Å². The van der Waals surface area contributed by atoms with E-state index in [2.05, 4.69) is 10.6 Å². The van der Waals surface area contributed by atoms with Gasteiger partial charge in [0.05, 0.1) is 6.04 Å². The second-order valence-corrected chi connectivity index (χ2v) is 5.73. The molecule has 0 aromatic heterocycles. The summed E-state index contributed by atoms with van der Waals surface area (Å²) in [6, 6.07) is 0.0963. The van der Waals surface area contributed by atoms with E-state index in [1.165, 1.54) is 25.7 Å². The SMILES string of the molecule is O=C(NCC(C1CC1)C1CC1)[C@H]1CCCN1. The Morgan fingerprint density at radius 3 is 2.38 bits per heavy atom. The van der Waals surface area contributed by atoms with Crippen molar-refractivity contribution < 1.29 is 4.79 Å². The first-order chi connectivity index (χ1) is 7.84. The van der Waals surface area contributed by atoms with Crippen molar-refractivity contribution in [2.24, 2.45) is 17.8 Å². The Labute approximate surface area is 97.4 Å². The van der Waals surface area contributed by atoms with Gasteiger partial charge in [0.25, 0.3) is 0 Å². The minimum atomic E-state index is 0.0963. The van der Waals surface area contributed by atoms with E-state index in [0.717, 1.165) is 43.7 Å². The molecular formula is C13H22N2O. The Morgan fingerprint density at radius 1 is 1.19 bits per heavy atom. The first-order valence-electron chi connectivity index (χ1n) is 6.85. The summed E-state index contributed by atoms with van der Waals surface area (Å²) in [5.41, 5.74) is 0. The largest absolute Gasteiger partial charge is 0.354 e. The molecule has 1 amide bonds. The standard InChI is InChI=1S/C13H22N2O/c16-13(12-2-1-7-14-12)15-8-11(9-3-4-9)10-5-6-10/h9-12,14H,1-8H2,(H,15,16)/t12-/m1/s1. The average molecular weight is 222 g/mol. The Kier molecular flexibility index (Phi) is 2.88. The van der Waals surface area contributed by atoms with Gasteiger partial charge in [0.15, 0.2) is 0 Å². The number of nitrogens with one attached hydrogen (secondary N) is 2. The Morgan fingerprint density at radius 2 is 1.88 bits per heavy atom. The van der Waals surface area contributed by atoms with Crippen molar-refractivity contribution >= 4 is 5.91 Å². The van der Waals surface area contributed by atoms with Crippen LogP contribution in [0.4, 0.5) is 0 Å². The molecule has 3 fully saturated rings. The molecule has 0 aromatic rings. The van der Waals surface area contributed by atoms with Gasteiger partial charge in [0.1, 0.15) is 0 Å². The lowest BCUT2D eigenvalue weighted by molar-refractivity contribution is -0.123. The van der Waals surface area contributed by atoms with E-state index >= 15 is 0 Å². The highest BCUT2D eigenvalue weighted by atomic mass is 16.2. The summed E-state index contributed by atoms with van der Waals surface area (Å²) < 4.78 is 0. The molecule has 0 unspecified atom stereocenters. The lowest BCUT2D eigenvalue weighted by atomic mass is 9.98. The van der Waals surface area contributed by atoms with Gasteiger partial charge in [0.2, 0.25) is 5.91 Å². The van der Waals surface area contributed by atoms with Crippen LogP contribution in [0.15, 0.2) is 0 Å². The molecule has 3 nitrogen and oxygen atoms in total. The molecular weight excluding hydrogens is 200 g/mol. The summed E-state index contributed by atoms with van der Waals surface area (Å²) in [6.45, 7) is 1.94. The van der Waals surface area contributed by atoms with Crippen LogP contribution in [0.2, 0.25) is 0 Å². The highest BCUT2D eigenvalue weighted by Gasteiger charge is 2.41. The fourth-order valence-corrected chi connectivity index (χ4v) is 3.02. The fourth-order valence-electron chi connectivity index (χ4n) is 3.02.